The molecule has 1 N–H and O–H groups in total. The number of H-pyrrole nitrogens is 1. The molecule has 0 atom stereocenters. The molecule has 124 valence electrons. The second-order valence-corrected chi connectivity index (χ2v) is 6.96. The van der Waals surface area contributed by atoms with Crippen molar-refractivity contribution in [2.45, 2.75) is 6.92 Å². The summed E-state index contributed by atoms with van der Waals surface area (Å²) in [6, 6.07) is 12.4. The van der Waals surface area contributed by atoms with Crippen LogP contribution in [-0.4, -0.2) is 15.8 Å². The number of nitrogens with zero attached hydrogens (tertiary/aromatic N) is 1. The van der Waals surface area contributed by atoms with Gasteiger partial charge in [-0.05, 0) is 35.9 Å². The van der Waals surface area contributed by atoms with Crippen molar-refractivity contribution in [3.05, 3.63) is 63.6 Å². The number of carbonyl (C=O) groups is 1. The monoisotopic (exact) mass is 370 g/mol. The van der Waals surface area contributed by atoms with E-state index in [2.05, 4.69) is 9.97 Å². The summed E-state index contributed by atoms with van der Waals surface area (Å²) < 4.78 is 5.97. The molecule has 4 aromatic rings. The van der Waals surface area contributed by atoms with Crippen LogP contribution in [0.15, 0.2) is 51.7 Å². The molecule has 0 amide bonds. The maximum Gasteiger partial charge on any atom is 0.269 e. The van der Waals surface area contributed by atoms with Gasteiger partial charge < -0.3 is 9.40 Å². The quantitative estimate of drug-likeness (QED) is 0.527. The van der Waals surface area contributed by atoms with Crippen molar-refractivity contribution in [3.8, 4) is 22.0 Å². The van der Waals surface area contributed by atoms with Gasteiger partial charge in [-0.1, -0.05) is 23.7 Å². The van der Waals surface area contributed by atoms with Crippen molar-refractivity contribution in [2.75, 3.05) is 0 Å². The zero-order valence-electron chi connectivity index (χ0n) is 13.0. The number of ketones is 1. The molecule has 3 aromatic heterocycles. The predicted octanol–water partition coefficient (Wildman–Crippen LogP) is 4.77. The number of aromatic amines is 1. The Morgan fingerprint density at radius 2 is 2.08 bits per heavy atom. The van der Waals surface area contributed by atoms with E-state index in [1.54, 1.807) is 18.2 Å². The summed E-state index contributed by atoms with van der Waals surface area (Å²) in [6.45, 7) is 1.41. The topological polar surface area (TPSA) is 76.0 Å². The van der Waals surface area contributed by atoms with Gasteiger partial charge in [0.25, 0.3) is 5.56 Å². The first-order valence-electron chi connectivity index (χ1n) is 7.42. The maximum atomic E-state index is 12.4. The first kappa shape index (κ1) is 15.8. The Balaban J connectivity index is 1.84. The van der Waals surface area contributed by atoms with Crippen LogP contribution >= 0.6 is 22.9 Å². The van der Waals surface area contributed by atoms with Crippen LogP contribution in [0.25, 0.3) is 32.2 Å². The molecule has 0 bridgehead atoms. The SMILES string of the molecule is CC(=O)c1ccc(-c2nc3cc(-c4cccc(Cl)c4)sc3c(=O)[nH]2)o1. The number of halogens is 1. The van der Waals surface area contributed by atoms with Crippen LogP contribution in [0.1, 0.15) is 17.5 Å². The van der Waals surface area contributed by atoms with E-state index in [1.807, 2.05) is 24.3 Å². The van der Waals surface area contributed by atoms with Gasteiger partial charge in [-0.25, -0.2) is 4.98 Å². The average Bonchev–Trinajstić information content (AvgIpc) is 3.22. The molecule has 0 saturated heterocycles. The molecular weight excluding hydrogens is 360 g/mol. The number of thiophene rings is 1. The Bertz CT molecular complexity index is 1170. The van der Waals surface area contributed by atoms with Crippen LogP contribution in [-0.2, 0) is 0 Å². The number of aromatic nitrogens is 2. The molecule has 0 radical (unpaired) electrons. The van der Waals surface area contributed by atoms with Crippen molar-refractivity contribution in [1.82, 2.24) is 9.97 Å². The van der Waals surface area contributed by atoms with Gasteiger partial charge in [0.15, 0.2) is 23.1 Å². The number of carbonyl (C=O) groups excluding carboxylic acids is 1. The third kappa shape index (κ3) is 2.90. The van der Waals surface area contributed by atoms with Crippen molar-refractivity contribution >= 4 is 38.9 Å². The summed E-state index contributed by atoms with van der Waals surface area (Å²) in [7, 11) is 0. The average molecular weight is 371 g/mol. The lowest BCUT2D eigenvalue weighted by atomic mass is 10.2. The van der Waals surface area contributed by atoms with E-state index in [4.69, 9.17) is 16.0 Å². The summed E-state index contributed by atoms with van der Waals surface area (Å²) in [4.78, 5) is 31.8. The molecule has 0 saturated carbocycles. The fraction of sp³-hybridized carbons (Fsp3) is 0.0556. The van der Waals surface area contributed by atoms with Crippen LogP contribution in [0.5, 0.6) is 0 Å². The molecule has 4 rings (SSSR count). The fourth-order valence-electron chi connectivity index (χ4n) is 2.49. The molecule has 7 heteroatoms. The van der Waals surface area contributed by atoms with Gasteiger partial charge in [-0.15, -0.1) is 11.3 Å². The minimum Gasteiger partial charge on any atom is -0.450 e. The zero-order valence-corrected chi connectivity index (χ0v) is 14.6. The largest absolute Gasteiger partial charge is 0.450 e. The lowest BCUT2D eigenvalue weighted by Gasteiger charge is -1.96. The highest BCUT2D eigenvalue weighted by molar-refractivity contribution is 7.22. The van der Waals surface area contributed by atoms with E-state index in [1.165, 1.54) is 18.3 Å². The molecular formula is C18H11ClN2O3S. The summed E-state index contributed by atoms with van der Waals surface area (Å²) in [5, 5.41) is 0.630. The number of Topliss-reactive ketones (excluding diaryl/α,β-unsaturated/α-hetero) is 1. The maximum absolute atomic E-state index is 12.4. The lowest BCUT2D eigenvalue weighted by molar-refractivity contribution is 0.0988. The summed E-state index contributed by atoms with van der Waals surface area (Å²) >= 11 is 7.39. The molecule has 0 spiro atoms. The summed E-state index contributed by atoms with van der Waals surface area (Å²) in [6.07, 6.45) is 0. The normalized spacial score (nSPS) is 11.1. The zero-order chi connectivity index (χ0) is 17.6. The molecule has 1 aromatic carbocycles. The van der Waals surface area contributed by atoms with Crippen LogP contribution in [0.3, 0.4) is 0 Å². The molecule has 3 heterocycles. The van der Waals surface area contributed by atoms with Gasteiger partial charge >= 0.3 is 0 Å². The van der Waals surface area contributed by atoms with Gasteiger partial charge in [0.1, 0.15) is 4.70 Å². The molecule has 0 unspecified atom stereocenters. The smallest absolute Gasteiger partial charge is 0.269 e. The van der Waals surface area contributed by atoms with E-state index < -0.39 is 0 Å². The van der Waals surface area contributed by atoms with Crippen molar-refractivity contribution < 1.29 is 9.21 Å². The van der Waals surface area contributed by atoms with Gasteiger partial charge in [-0.3, -0.25) is 9.59 Å². The first-order valence-corrected chi connectivity index (χ1v) is 8.61. The molecule has 0 aliphatic carbocycles. The number of fused-ring (bicyclic) bond motifs is 1. The van der Waals surface area contributed by atoms with Gasteiger partial charge in [0.2, 0.25) is 0 Å². The molecule has 0 fully saturated rings. The molecule has 0 aliphatic rings. The van der Waals surface area contributed by atoms with E-state index in [9.17, 15) is 9.59 Å². The number of rotatable bonds is 3. The van der Waals surface area contributed by atoms with Gasteiger partial charge in [0, 0.05) is 16.8 Å². The molecule has 25 heavy (non-hydrogen) atoms. The number of hydrogen-bond acceptors (Lipinski definition) is 5. The van der Waals surface area contributed by atoms with E-state index >= 15 is 0 Å². The van der Waals surface area contributed by atoms with Crippen molar-refractivity contribution in [2.24, 2.45) is 0 Å². The molecule has 0 aliphatic heterocycles. The standard InChI is InChI=1S/C18H11ClN2O3S/c1-9(22)13-5-6-14(24-13)17-20-12-8-15(25-16(12)18(23)21-17)10-3-2-4-11(19)7-10/h2-8H,1H3,(H,20,21,23). The minimum atomic E-state index is -0.251. The van der Waals surface area contributed by atoms with Crippen molar-refractivity contribution in [3.63, 3.8) is 0 Å². The van der Waals surface area contributed by atoms with E-state index in [-0.39, 0.29) is 17.1 Å². The predicted molar refractivity (Wildman–Crippen MR) is 98.4 cm³/mol. The Labute approximate surface area is 150 Å². The Morgan fingerprint density at radius 1 is 1.24 bits per heavy atom. The summed E-state index contributed by atoms with van der Waals surface area (Å²) in [5.41, 5.74) is 1.24. The van der Waals surface area contributed by atoms with Crippen molar-refractivity contribution in [1.29, 1.82) is 0 Å². The van der Waals surface area contributed by atoms with E-state index in [0.29, 0.717) is 26.8 Å². The minimum absolute atomic E-state index is 0.187. The highest BCUT2D eigenvalue weighted by Gasteiger charge is 2.14. The van der Waals surface area contributed by atoms with Crippen LogP contribution in [0.4, 0.5) is 0 Å². The Morgan fingerprint density at radius 3 is 2.80 bits per heavy atom. The highest BCUT2D eigenvalue weighted by Crippen LogP contribution is 2.32. The lowest BCUT2D eigenvalue weighted by Crippen LogP contribution is -2.07. The molecule has 5 nitrogen and oxygen atoms in total. The van der Waals surface area contributed by atoms with Crippen LogP contribution in [0, 0.1) is 0 Å². The third-order valence-corrected chi connectivity index (χ3v) is 5.09. The first-order chi connectivity index (χ1) is 12.0. The second-order valence-electron chi connectivity index (χ2n) is 5.47. The number of furan rings is 1. The third-order valence-electron chi connectivity index (χ3n) is 3.68. The van der Waals surface area contributed by atoms with Crippen LogP contribution in [0.2, 0.25) is 5.02 Å². The summed E-state index contributed by atoms with van der Waals surface area (Å²) in [5.74, 6) is 0.677. The Kier molecular flexibility index (Phi) is 3.78. The Hall–Kier alpha value is -2.70. The fourth-order valence-corrected chi connectivity index (χ4v) is 3.67. The highest BCUT2D eigenvalue weighted by atomic mass is 35.5. The van der Waals surface area contributed by atoms with Gasteiger partial charge in [0.05, 0.1) is 5.52 Å². The van der Waals surface area contributed by atoms with E-state index in [0.717, 1.165) is 10.4 Å². The van der Waals surface area contributed by atoms with Gasteiger partial charge in [-0.2, -0.15) is 0 Å². The second kappa shape index (κ2) is 5.98. The van der Waals surface area contributed by atoms with Crippen LogP contribution < -0.4 is 5.56 Å². The number of hydrogen-bond donors (Lipinski definition) is 1. The number of nitrogens with one attached hydrogen (secondary N) is 1. The number of benzene rings is 1.